The molecule has 3 aromatic rings. The average Bonchev–Trinajstić information content (AvgIpc) is 2.74. The van der Waals surface area contributed by atoms with Crippen molar-refractivity contribution in [1.82, 2.24) is 0 Å². The van der Waals surface area contributed by atoms with Gasteiger partial charge in [0, 0.05) is 0 Å². The number of rotatable bonds is 8. The largest absolute Gasteiger partial charge is 0.480 e. The Morgan fingerprint density at radius 2 is 1.45 bits per heavy atom. The molecule has 0 aliphatic rings. The summed E-state index contributed by atoms with van der Waals surface area (Å²) in [6.07, 6.45) is 0. The maximum atomic E-state index is 12.1. The van der Waals surface area contributed by atoms with Crippen LogP contribution in [0.3, 0.4) is 0 Å². The van der Waals surface area contributed by atoms with Crippen LogP contribution in [0, 0.1) is 0 Å². The molecule has 6 nitrogen and oxygen atoms in total. The number of nitrogens with one attached hydrogen (secondary N) is 1. The molecule has 1 N–H and O–H groups in total. The summed E-state index contributed by atoms with van der Waals surface area (Å²) in [5.41, 5.74) is 0.463. The number of hydrogen-bond acceptors (Lipinski definition) is 5. The molecule has 0 saturated heterocycles. The van der Waals surface area contributed by atoms with E-state index in [-0.39, 0.29) is 6.61 Å². The van der Waals surface area contributed by atoms with Crippen LogP contribution in [0.4, 0.5) is 5.69 Å². The van der Waals surface area contributed by atoms with E-state index in [2.05, 4.69) is 5.32 Å². The zero-order chi connectivity index (χ0) is 20.5. The highest BCUT2D eigenvalue weighted by Crippen LogP contribution is 2.29. The molecular weight excluding hydrogens is 394 g/mol. The standard InChI is InChI=1S/C22H18ClNO5/c23-17-10-4-6-12-19(17)27-15-22(26)28-14-21(25)24-18-11-5-7-13-20(18)29-16-8-2-1-3-9-16/h1-13H,14-15H2,(H,24,25). The third-order valence-electron chi connectivity index (χ3n) is 3.68. The molecule has 0 aliphatic heterocycles. The lowest BCUT2D eigenvalue weighted by Gasteiger charge is -2.12. The molecule has 3 aromatic carbocycles. The van der Waals surface area contributed by atoms with Crippen LogP contribution in [0.2, 0.25) is 5.02 Å². The van der Waals surface area contributed by atoms with Crippen molar-refractivity contribution in [1.29, 1.82) is 0 Å². The molecule has 3 rings (SSSR count). The fourth-order valence-corrected chi connectivity index (χ4v) is 2.54. The van der Waals surface area contributed by atoms with Gasteiger partial charge in [-0.2, -0.15) is 0 Å². The monoisotopic (exact) mass is 411 g/mol. The second-order valence-corrected chi connectivity index (χ2v) is 6.25. The fourth-order valence-electron chi connectivity index (χ4n) is 2.35. The van der Waals surface area contributed by atoms with Crippen molar-refractivity contribution < 1.29 is 23.8 Å². The van der Waals surface area contributed by atoms with Crippen LogP contribution in [-0.2, 0) is 14.3 Å². The molecule has 0 radical (unpaired) electrons. The Hall–Kier alpha value is -3.51. The molecule has 0 atom stereocenters. The molecule has 1 amide bonds. The first kappa shape index (κ1) is 20.2. The normalized spacial score (nSPS) is 10.1. The quantitative estimate of drug-likeness (QED) is 0.544. The molecule has 0 fully saturated rings. The molecule has 0 heterocycles. The molecule has 148 valence electrons. The van der Waals surface area contributed by atoms with E-state index in [1.54, 1.807) is 60.7 Å². The van der Waals surface area contributed by atoms with Crippen molar-refractivity contribution in [2.75, 3.05) is 18.5 Å². The summed E-state index contributed by atoms with van der Waals surface area (Å²) in [6, 6.07) is 22.9. The molecule has 0 unspecified atom stereocenters. The molecule has 0 saturated carbocycles. The number of benzene rings is 3. The van der Waals surface area contributed by atoms with Gasteiger partial charge in [0.05, 0.1) is 10.7 Å². The Kier molecular flexibility index (Phi) is 7.08. The van der Waals surface area contributed by atoms with E-state index in [0.717, 1.165) is 0 Å². The van der Waals surface area contributed by atoms with Gasteiger partial charge < -0.3 is 19.5 Å². The van der Waals surface area contributed by atoms with Crippen LogP contribution in [0.25, 0.3) is 0 Å². The van der Waals surface area contributed by atoms with Gasteiger partial charge in [0.15, 0.2) is 19.0 Å². The highest BCUT2D eigenvalue weighted by Gasteiger charge is 2.12. The van der Waals surface area contributed by atoms with Gasteiger partial charge in [-0.05, 0) is 36.4 Å². The maximum Gasteiger partial charge on any atom is 0.344 e. The number of ether oxygens (including phenoxy) is 3. The Balaban J connectivity index is 1.49. The summed E-state index contributed by atoms with van der Waals surface area (Å²) in [5.74, 6) is 0.287. The number of esters is 1. The van der Waals surface area contributed by atoms with Gasteiger partial charge in [-0.3, -0.25) is 4.79 Å². The summed E-state index contributed by atoms with van der Waals surface area (Å²) in [7, 11) is 0. The smallest absolute Gasteiger partial charge is 0.344 e. The van der Waals surface area contributed by atoms with E-state index >= 15 is 0 Å². The Morgan fingerprint density at radius 3 is 2.21 bits per heavy atom. The lowest BCUT2D eigenvalue weighted by atomic mass is 10.3. The predicted octanol–water partition coefficient (Wildman–Crippen LogP) is 4.69. The zero-order valence-corrected chi connectivity index (χ0v) is 16.1. The number of carbonyl (C=O) groups excluding carboxylic acids is 2. The first-order valence-corrected chi connectivity index (χ1v) is 9.14. The van der Waals surface area contributed by atoms with Gasteiger partial charge in [0.1, 0.15) is 11.5 Å². The van der Waals surface area contributed by atoms with Crippen molar-refractivity contribution in [3.63, 3.8) is 0 Å². The fraction of sp³-hybridized carbons (Fsp3) is 0.0909. The number of para-hydroxylation sites is 4. The van der Waals surface area contributed by atoms with Crippen molar-refractivity contribution in [2.24, 2.45) is 0 Å². The molecule has 0 spiro atoms. The minimum absolute atomic E-state index is 0.356. The summed E-state index contributed by atoms with van der Waals surface area (Å²) < 4.78 is 16.0. The van der Waals surface area contributed by atoms with E-state index in [1.807, 2.05) is 18.2 Å². The van der Waals surface area contributed by atoms with E-state index in [9.17, 15) is 9.59 Å². The molecule has 7 heteroatoms. The van der Waals surface area contributed by atoms with Crippen LogP contribution < -0.4 is 14.8 Å². The highest BCUT2D eigenvalue weighted by molar-refractivity contribution is 6.32. The number of carbonyl (C=O) groups is 2. The lowest BCUT2D eigenvalue weighted by molar-refractivity contribution is -0.149. The van der Waals surface area contributed by atoms with E-state index in [1.165, 1.54) is 0 Å². The molecule has 0 aromatic heterocycles. The maximum absolute atomic E-state index is 12.1. The second kappa shape index (κ2) is 10.1. The number of amides is 1. The van der Waals surface area contributed by atoms with Crippen molar-refractivity contribution >= 4 is 29.2 Å². The van der Waals surface area contributed by atoms with Crippen molar-refractivity contribution in [3.8, 4) is 17.2 Å². The highest BCUT2D eigenvalue weighted by atomic mass is 35.5. The topological polar surface area (TPSA) is 73.9 Å². The van der Waals surface area contributed by atoms with Crippen LogP contribution in [0.5, 0.6) is 17.2 Å². The molecule has 0 bridgehead atoms. The SMILES string of the molecule is O=C(COC(=O)COc1ccccc1Cl)Nc1ccccc1Oc1ccccc1. The minimum atomic E-state index is -0.686. The summed E-state index contributed by atoms with van der Waals surface area (Å²) in [4.78, 5) is 23.9. The Bertz CT molecular complexity index is 978. The predicted molar refractivity (Wildman–Crippen MR) is 109 cm³/mol. The number of halogens is 1. The molecule has 0 aliphatic carbocycles. The first-order chi connectivity index (χ1) is 14.1. The third kappa shape index (κ3) is 6.26. The van der Waals surface area contributed by atoms with Gasteiger partial charge in [0.2, 0.25) is 0 Å². The van der Waals surface area contributed by atoms with Crippen molar-refractivity contribution in [3.05, 3.63) is 83.9 Å². The van der Waals surface area contributed by atoms with Crippen LogP contribution in [-0.4, -0.2) is 25.1 Å². The van der Waals surface area contributed by atoms with Crippen LogP contribution >= 0.6 is 11.6 Å². The minimum Gasteiger partial charge on any atom is -0.480 e. The van der Waals surface area contributed by atoms with Gasteiger partial charge in [-0.15, -0.1) is 0 Å². The first-order valence-electron chi connectivity index (χ1n) is 8.76. The Labute approximate surface area is 173 Å². The van der Waals surface area contributed by atoms with Gasteiger partial charge in [-0.1, -0.05) is 54.1 Å². The summed E-state index contributed by atoms with van der Waals surface area (Å²) >= 11 is 5.95. The van der Waals surface area contributed by atoms with Gasteiger partial charge >= 0.3 is 5.97 Å². The average molecular weight is 412 g/mol. The lowest BCUT2D eigenvalue weighted by Crippen LogP contribution is -2.23. The van der Waals surface area contributed by atoms with Gasteiger partial charge in [-0.25, -0.2) is 4.79 Å². The molecule has 29 heavy (non-hydrogen) atoms. The number of anilines is 1. The van der Waals surface area contributed by atoms with E-state index < -0.39 is 18.5 Å². The van der Waals surface area contributed by atoms with Crippen LogP contribution in [0.1, 0.15) is 0 Å². The summed E-state index contributed by atoms with van der Waals surface area (Å²) in [5, 5.41) is 3.05. The van der Waals surface area contributed by atoms with Crippen molar-refractivity contribution in [2.45, 2.75) is 0 Å². The summed E-state index contributed by atoms with van der Waals surface area (Å²) in [6.45, 7) is -0.810. The zero-order valence-electron chi connectivity index (χ0n) is 15.3. The molecular formula is C22H18ClNO5. The van der Waals surface area contributed by atoms with Gasteiger partial charge in [0.25, 0.3) is 5.91 Å². The van der Waals surface area contributed by atoms with E-state index in [4.69, 9.17) is 25.8 Å². The third-order valence-corrected chi connectivity index (χ3v) is 3.99. The second-order valence-electron chi connectivity index (χ2n) is 5.84. The Morgan fingerprint density at radius 1 is 0.793 bits per heavy atom. The van der Waals surface area contributed by atoms with Crippen LogP contribution in [0.15, 0.2) is 78.9 Å². The number of hydrogen-bond donors (Lipinski definition) is 1. The van der Waals surface area contributed by atoms with E-state index in [0.29, 0.717) is 28.0 Å².